The second-order valence-electron chi connectivity index (χ2n) is 7.91. The normalized spacial score (nSPS) is 17.8. The van der Waals surface area contributed by atoms with Crippen LogP contribution in [0, 0.1) is 6.92 Å². The molecule has 9 heteroatoms. The molecule has 8 nitrogen and oxygen atoms in total. The molecule has 0 saturated carbocycles. The van der Waals surface area contributed by atoms with Gasteiger partial charge < -0.3 is 19.1 Å². The van der Waals surface area contributed by atoms with Crippen molar-refractivity contribution in [3.05, 3.63) is 46.5 Å². The van der Waals surface area contributed by atoms with E-state index in [0.717, 1.165) is 57.2 Å². The lowest BCUT2D eigenvalue weighted by atomic mass is 10.1. The molecular formula is C23H30ClN5O3. The summed E-state index contributed by atoms with van der Waals surface area (Å²) in [5.74, 6) is 0.887. The zero-order valence-electron chi connectivity index (χ0n) is 18.5. The zero-order valence-corrected chi connectivity index (χ0v) is 19.3. The van der Waals surface area contributed by atoms with Gasteiger partial charge in [0, 0.05) is 38.8 Å². The number of ether oxygens (including phenoxy) is 3. The van der Waals surface area contributed by atoms with Gasteiger partial charge in [-0.3, -0.25) is 4.90 Å². The van der Waals surface area contributed by atoms with E-state index >= 15 is 0 Å². The molecule has 0 unspecified atom stereocenters. The summed E-state index contributed by atoms with van der Waals surface area (Å²) in [7, 11) is 0. The molecule has 0 bridgehead atoms. The molecule has 172 valence electrons. The fraction of sp³-hybridized carbons (Fsp3) is 0.522. The molecule has 1 aromatic carbocycles. The van der Waals surface area contributed by atoms with Crippen molar-refractivity contribution in [2.45, 2.75) is 13.5 Å². The summed E-state index contributed by atoms with van der Waals surface area (Å²) >= 11 is 6.71. The maximum atomic E-state index is 6.71. The molecule has 0 aliphatic carbocycles. The molecular weight excluding hydrogens is 430 g/mol. The van der Waals surface area contributed by atoms with Gasteiger partial charge in [0.25, 0.3) is 0 Å². The van der Waals surface area contributed by atoms with Crippen molar-refractivity contribution < 1.29 is 14.2 Å². The Hall–Kier alpha value is -2.26. The Labute approximate surface area is 194 Å². The van der Waals surface area contributed by atoms with E-state index in [0.29, 0.717) is 43.1 Å². The van der Waals surface area contributed by atoms with Gasteiger partial charge in [-0.25, -0.2) is 0 Å². The van der Waals surface area contributed by atoms with Gasteiger partial charge in [-0.15, -0.1) is 5.11 Å². The predicted octanol–water partition coefficient (Wildman–Crippen LogP) is 3.87. The average molecular weight is 460 g/mol. The van der Waals surface area contributed by atoms with Crippen LogP contribution in [0.4, 0.5) is 11.5 Å². The van der Waals surface area contributed by atoms with Crippen molar-refractivity contribution in [3.63, 3.8) is 0 Å². The summed E-state index contributed by atoms with van der Waals surface area (Å²) in [4.78, 5) is 9.04. The number of aryl methyl sites for hydroxylation is 1. The van der Waals surface area contributed by atoms with Gasteiger partial charge in [0.2, 0.25) is 5.88 Å². The molecule has 2 aliphatic heterocycles. The number of pyridine rings is 1. The second kappa shape index (κ2) is 11.6. The molecule has 2 aromatic rings. The smallest absolute Gasteiger partial charge is 0.236 e. The molecule has 4 rings (SSSR count). The predicted molar refractivity (Wildman–Crippen MR) is 124 cm³/mol. The fourth-order valence-corrected chi connectivity index (χ4v) is 4.03. The third-order valence-corrected chi connectivity index (χ3v) is 5.86. The number of morpholine rings is 2. The summed E-state index contributed by atoms with van der Waals surface area (Å²) in [5.41, 5.74) is 3.17. The van der Waals surface area contributed by atoms with Gasteiger partial charge in [0.1, 0.15) is 11.6 Å². The van der Waals surface area contributed by atoms with Gasteiger partial charge in [-0.1, -0.05) is 41.4 Å². The molecule has 0 spiro atoms. The molecule has 0 atom stereocenters. The molecule has 2 fully saturated rings. The Morgan fingerprint density at radius 3 is 2.56 bits per heavy atom. The first-order valence-electron chi connectivity index (χ1n) is 11.1. The highest BCUT2D eigenvalue weighted by Crippen LogP contribution is 2.37. The number of azo groups is 1. The number of benzene rings is 1. The van der Waals surface area contributed by atoms with Gasteiger partial charge in [0.05, 0.1) is 38.7 Å². The molecule has 32 heavy (non-hydrogen) atoms. The maximum absolute atomic E-state index is 6.71. The van der Waals surface area contributed by atoms with Crippen LogP contribution in [0.5, 0.6) is 5.88 Å². The molecule has 0 radical (unpaired) electrons. The molecule has 2 saturated heterocycles. The van der Waals surface area contributed by atoms with Crippen LogP contribution in [0.25, 0.3) is 0 Å². The quantitative estimate of drug-likeness (QED) is 0.558. The highest BCUT2D eigenvalue weighted by Gasteiger charge is 2.20. The lowest BCUT2D eigenvalue weighted by molar-refractivity contribution is 0.0320. The minimum Gasteiger partial charge on any atom is -0.475 e. The number of hydrogen-bond donors (Lipinski definition) is 0. The van der Waals surface area contributed by atoms with E-state index in [-0.39, 0.29) is 0 Å². The minimum absolute atomic E-state index is 0.397. The first-order valence-corrected chi connectivity index (χ1v) is 11.5. The third-order valence-electron chi connectivity index (χ3n) is 5.51. The van der Waals surface area contributed by atoms with Crippen molar-refractivity contribution in [1.29, 1.82) is 0 Å². The zero-order chi connectivity index (χ0) is 22.2. The van der Waals surface area contributed by atoms with E-state index in [1.165, 1.54) is 5.56 Å². The van der Waals surface area contributed by atoms with E-state index in [4.69, 9.17) is 25.8 Å². The van der Waals surface area contributed by atoms with Gasteiger partial charge in [-0.2, -0.15) is 10.1 Å². The monoisotopic (exact) mass is 459 g/mol. The van der Waals surface area contributed by atoms with E-state index in [1.54, 1.807) is 0 Å². The molecule has 0 amide bonds. The summed E-state index contributed by atoms with van der Waals surface area (Å²) < 4.78 is 16.9. The second-order valence-corrected chi connectivity index (χ2v) is 8.29. The standard InChI is InChI=1S/C23H30ClN5O3/c1-18-3-2-4-19(15-18)17-25-27-21-16-20(29-8-12-31-13-9-29)22(24)23(26-21)32-14-7-28-5-10-30-11-6-28/h2-4,15-16H,5-14,17H2,1H3. The summed E-state index contributed by atoms with van der Waals surface area (Å²) in [6.07, 6.45) is 0. The average Bonchev–Trinajstić information content (AvgIpc) is 2.82. The first kappa shape index (κ1) is 22.9. The van der Waals surface area contributed by atoms with Crippen molar-refractivity contribution in [3.8, 4) is 5.88 Å². The summed E-state index contributed by atoms with van der Waals surface area (Å²) in [6, 6.07) is 10.1. The Morgan fingerprint density at radius 1 is 1.06 bits per heavy atom. The van der Waals surface area contributed by atoms with Crippen LogP contribution in [-0.2, 0) is 16.0 Å². The van der Waals surface area contributed by atoms with Crippen LogP contribution in [0.1, 0.15) is 11.1 Å². The number of rotatable bonds is 8. The van der Waals surface area contributed by atoms with E-state index in [1.807, 2.05) is 18.2 Å². The maximum Gasteiger partial charge on any atom is 0.236 e. The largest absolute Gasteiger partial charge is 0.475 e. The van der Waals surface area contributed by atoms with Crippen molar-refractivity contribution in [2.24, 2.45) is 10.2 Å². The lowest BCUT2D eigenvalue weighted by Crippen LogP contribution is -2.38. The Kier molecular flexibility index (Phi) is 8.28. The summed E-state index contributed by atoms with van der Waals surface area (Å²) in [6.45, 7) is 10.1. The van der Waals surface area contributed by atoms with Gasteiger partial charge in [0.15, 0.2) is 5.82 Å². The number of nitrogens with zero attached hydrogens (tertiary/aromatic N) is 5. The van der Waals surface area contributed by atoms with Crippen LogP contribution in [-0.4, -0.2) is 75.6 Å². The van der Waals surface area contributed by atoms with Crippen molar-refractivity contribution in [2.75, 3.05) is 70.7 Å². The molecule has 2 aliphatic rings. The summed E-state index contributed by atoms with van der Waals surface area (Å²) in [5, 5.41) is 9.25. The van der Waals surface area contributed by atoms with Crippen LogP contribution in [0.2, 0.25) is 5.02 Å². The van der Waals surface area contributed by atoms with Crippen LogP contribution < -0.4 is 9.64 Å². The van der Waals surface area contributed by atoms with Crippen molar-refractivity contribution >= 4 is 23.1 Å². The minimum atomic E-state index is 0.397. The third kappa shape index (κ3) is 6.38. The highest BCUT2D eigenvalue weighted by atomic mass is 35.5. The van der Waals surface area contributed by atoms with Gasteiger partial charge in [-0.05, 0) is 12.5 Å². The van der Waals surface area contributed by atoms with Crippen LogP contribution in [0.3, 0.4) is 0 Å². The number of anilines is 1. The molecule has 1 aromatic heterocycles. The SMILES string of the molecule is Cc1cccc(CN=Nc2cc(N3CCOCC3)c(Cl)c(OCCN3CCOCC3)n2)c1. The Morgan fingerprint density at radius 2 is 1.81 bits per heavy atom. The molecule has 0 N–H and O–H groups in total. The number of hydrogen-bond acceptors (Lipinski definition) is 8. The molecule has 3 heterocycles. The van der Waals surface area contributed by atoms with E-state index < -0.39 is 0 Å². The lowest BCUT2D eigenvalue weighted by Gasteiger charge is -2.30. The number of aromatic nitrogens is 1. The van der Waals surface area contributed by atoms with E-state index in [2.05, 4.69) is 44.1 Å². The topological polar surface area (TPSA) is 71.8 Å². The van der Waals surface area contributed by atoms with Crippen LogP contribution in [0.15, 0.2) is 40.6 Å². The Bertz CT molecular complexity index is 915. The fourth-order valence-electron chi connectivity index (χ4n) is 3.76. The Balaban J connectivity index is 1.48. The number of halogens is 1. The first-order chi connectivity index (χ1) is 15.7. The van der Waals surface area contributed by atoms with Gasteiger partial charge >= 0.3 is 0 Å². The van der Waals surface area contributed by atoms with Crippen LogP contribution >= 0.6 is 11.6 Å². The highest BCUT2D eigenvalue weighted by molar-refractivity contribution is 6.34. The van der Waals surface area contributed by atoms with E-state index in [9.17, 15) is 0 Å². The van der Waals surface area contributed by atoms with Crippen molar-refractivity contribution in [1.82, 2.24) is 9.88 Å².